The van der Waals surface area contributed by atoms with Crippen molar-refractivity contribution in [3.8, 4) is 0 Å². The molecule has 0 aliphatic carbocycles. The lowest BCUT2D eigenvalue weighted by molar-refractivity contribution is 0.155. The summed E-state index contributed by atoms with van der Waals surface area (Å²) in [7, 11) is 2.05. The van der Waals surface area contributed by atoms with Crippen LogP contribution in [0.1, 0.15) is 36.4 Å². The van der Waals surface area contributed by atoms with E-state index in [9.17, 15) is 0 Å². The molecule has 1 aliphatic rings. The number of hydrogen-bond acceptors (Lipinski definition) is 2. The van der Waals surface area contributed by atoms with Gasteiger partial charge in [0.05, 0.1) is 0 Å². The smallest absolute Gasteiger partial charge is 0.0446 e. The van der Waals surface area contributed by atoms with Crippen LogP contribution >= 0.6 is 11.6 Å². The fourth-order valence-electron chi connectivity index (χ4n) is 3.88. The summed E-state index contributed by atoms with van der Waals surface area (Å²) in [5, 5.41) is 4.28. The zero-order valence-corrected chi connectivity index (χ0v) is 15.9. The number of halogens is 1. The van der Waals surface area contributed by atoms with Crippen LogP contribution in [0.5, 0.6) is 0 Å². The molecule has 2 nitrogen and oxygen atoms in total. The Labute approximate surface area is 157 Å². The van der Waals surface area contributed by atoms with Crippen LogP contribution in [-0.2, 0) is 6.42 Å². The minimum Gasteiger partial charge on any atom is -0.312 e. The van der Waals surface area contributed by atoms with Crippen LogP contribution in [0, 0.1) is 5.92 Å². The van der Waals surface area contributed by atoms with Gasteiger partial charge in [-0.25, -0.2) is 0 Å². The van der Waals surface area contributed by atoms with E-state index in [2.05, 4.69) is 59.7 Å². The van der Waals surface area contributed by atoms with Gasteiger partial charge in [0.1, 0.15) is 0 Å². The first-order valence-electron chi connectivity index (χ1n) is 9.43. The molecule has 1 saturated heterocycles. The van der Waals surface area contributed by atoms with Gasteiger partial charge in [-0.1, -0.05) is 54.1 Å². The summed E-state index contributed by atoms with van der Waals surface area (Å²) in [5.74, 6) is 0.816. The Morgan fingerprint density at radius 1 is 1.12 bits per heavy atom. The Hall–Kier alpha value is -1.35. The predicted molar refractivity (Wildman–Crippen MR) is 107 cm³/mol. The molecule has 3 heteroatoms. The lowest BCUT2D eigenvalue weighted by Gasteiger charge is -2.35. The first-order valence-corrected chi connectivity index (χ1v) is 9.81. The Morgan fingerprint density at radius 2 is 1.88 bits per heavy atom. The zero-order chi connectivity index (χ0) is 17.5. The fraction of sp³-hybridized carbons (Fsp3) is 0.455. The number of piperidine rings is 1. The number of likely N-dealkylation sites (N-methyl/N-ethyl adjacent to an activating group) is 1. The highest BCUT2D eigenvalue weighted by atomic mass is 35.5. The molecular formula is C22H29ClN2. The molecule has 1 aliphatic heterocycles. The molecule has 3 rings (SSSR count). The molecule has 2 unspecified atom stereocenters. The van der Waals surface area contributed by atoms with Crippen molar-refractivity contribution in [2.45, 2.75) is 31.7 Å². The van der Waals surface area contributed by atoms with Crippen molar-refractivity contribution in [2.24, 2.45) is 5.92 Å². The van der Waals surface area contributed by atoms with E-state index >= 15 is 0 Å². The number of rotatable bonds is 7. The molecule has 0 saturated carbocycles. The summed E-state index contributed by atoms with van der Waals surface area (Å²) in [6.45, 7) is 3.51. The minimum absolute atomic E-state index is 0.366. The molecule has 2 aromatic rings. The topological polar surface area (TPSA) is 15.3 Å². The average Bonchev–Trinajstić information content (AvgIpc) is 2.66. The van der Waals surface area contributed by atoms with Crippen LogP contribution in [0.15, 0.2) is 54.6 Å². The van der Waals surface area contributed by atoms with E-state index in [4.69, 9.17) is 11.6 Å². The van der Waals surface area contributed by atoms with Gasteiger partial charge in [0.15, 0.2) is 0 Å². The van der Waals surface area contributed by atoms with Gasteiger partial charge in [-0.3, -0.25) is 0 Å². The molecule has 0 amide bonds. The fourth-order valence-corrected chi connectivity index (χ4v) is 4.01. The van der Waals surface area contributed by atoms with Gasteiger partial charge < -0.3 is 10.2 Å². The monoisotopic (exact) mass is 356 g/mol. The van der Waals surface area contributed by atoms with Crippen molar-refractivity contribution in [1.29, 1.82) is 0 Å². The van der Waals surface area contributed by atoms with Gasteiger partial charge in [0.2, 0.25) is 0 Å². The highest BCUT2D eigenvalue weighted by Crippen LogP contribution is 2.24. The summed E-state index contributed by atoms with van der Waals surface area (Å²) in [6, 6.07) is 19.5. The number of likely N-dealkylation sites (tertiary alicyclic amines) is 1. The van der Waals surface area contributed by atoms with E-state index in [1.54, 1.807) is 0 Å². The van der Waals surface area contributed by atoms with Crippen LogP contribution < -0.4 is 5.32 Å². The zero-order valence-electron chi connectivity index (χ0n) is 15.1. The third-order valence-corrected chi connectivity index (χ3v) is 5.60. The van der Waals surface area contributed by atoms with Gasteiger partial charge in [0.25, 0.3) is 0 Å². The molecule has 2 aromatic carbocycles. The van der Waals surface area contributed by atoms with Crippen molar-refractivity contribution in [3.63, 3.8) is 0 Å². The first-order chi connectivity index (χ1) is 12.2. The molecule has 0 aromatic heterocycles. The van der Waals surface area contributed by atoms with Gasteiger partial charge in [-0.2, -0.15) is 0 Å². The van der Waals surface area contributed by atoms with Crippen molar-refractivity contribution in [3.05, 3.63) is 70.7 Å². The maximum Gasteiger partial charge on any atom is 0.0446 e. The lowest BCUT2D eigenvalue weighted by Crippen LogP contribution is -2.40. The Bertz CT molecular complexity index is 626. The van der Waals surface area contributed by atoms with Crippen LogP contribution in [0.3, 0.4) is 0 Å². The van der Waals surface area contributed by atoms with Crippen LogP contribution in [0.25, 0.3) is 0 Å². The van der Waals surface area contributed by atoms with Gasteiger partial charge in [-0.15, -0.1) is 0 Å². The van der Waals surface area contributed by atoms with Gasteiger partial charge in [0, 0.05) is 24.2 Å². The van der Waals surface area contributed by atoms with E-state index in [0.717, 1.165) is 17.5 Å². The molecule has 134 valence electrons. The van der Waals surface area contributed by atoms with Crippen molar-refractivity contribution in [2.75, 3.05) is 26.7 Å². The van der Waals surface area contributed by atoms with E-state index in [1.165, 1.54) is 49.9 Å². The second kappa shape index (κ2) is 9.38. The Kier molecular flexibility index (Phi) is 6.92. The number of nitrogens with one attached hydrogen (secondary N) is 1. The molecule has 25 heavy (non-hydrogen) atoms. The molecule has 0 radical (unpaired) electrons. The summed E-state index contributed by atoms with van der Waals surface area (Å²) < 4.78 is 0. The summed E-state index contributed by atoms with van der Waals surface area (Å²) >= 11 is 6.02. The molecule has 1 N–H and O–H groups in total. The minimum atomic E-state index is 0.366. The normalized spacial score (nSPS) is 19.7. The second-order valence-corrected chi connectivity index (χ2v) is 7.62. The Balaban J connectivity index is 1.52. The quantitative estimate of drug-likeness (QED) is 0.755. The molecular weight excluding hydrogens is 328 g/mol. The third-order valence-electron chi connectivity index (χ3n) is 5.35. The highest BCUT2D eigenvalue weighted by Gasteiger charge is 2.22. The molecule has 0 spiro atoms. The molecule has 1 fully saturated rings. The van der Waals surface area contributed by atoms with Gasteiger partial charge in [-0.05, 0) is 68.5 Å². The predicted octanol–water partition coefficient (Wildman–Crippen LogP) is 4.95. The number of hydrogen-bond donors (Lipinski definition) is 1. The molecule has 1 heterocycles. The van der Waals surface area contributed by atoms with Crippen LogP contribution in [0.2, 0.25) is 5.02 Å². The Morgan fingerprint density at radius 3 is 2.60 bits per heavy atom. The van der Waals surface area contributed by atoms with Crippen molar-refractivity contribution in [1.82, 2.24) is 10.2 Å². The summed E-state index contributed by atoms with van der Waals surface area (Å²) in [5.41, 5.74) is 2.78. The second-order valence-electron chi connectivity index (χ2n) is 7.18. The van der Waals surface area contributed by atoms with E-state index < -0.39 is 0 Å². The number of benzene rings is 2. The van der Waals surface area contributed by atoms with Crippen LogP contribution in [0.4, 0.5) is 0 Å². The summed E-state index contributed by atoms with van der Waals surface area (Å²) in [6.07, 6.45) is 5.18. The highest BCUT2D eigenvalue weighted by molar-refractivity contribution is 6.30. The van der Waals surface area contributed by atoms with Crippen LogP contribution in [-0.4, -0.2) is 31.6 Å². The summed E-state index contributed by atoms with van der Waals surface area (Å²) in [4.78, 5) is 2.63. The van der Waals surface area contributed by atoms with Crippen molar-refractivity contribution >= 4 is 11.6 Å². The number of nitrogens with zero attached hydrogens (tertiary/aromatic N) is 1. The van der Waals surface area contributed by atoms with Gasteiger partial charge >= 0.3 is 0 Å². The molecule has 0 bridgehead atoms. The standard InChI is InChI=1S/C22H29ClN2/c1-24-22(20-11-13-21(23)14-12-20)17-25-15-5-8-19(16-25)10-9-18-6-3-2-4-7-18/h2-4,6-7,11-14,19,22,24H,5,8-10,15-17H2,1H3. The van der Waals surface area contributed by atoms with Crippen molar-refractivity contribution < 1.29 is 0 Å². The van der Waals surface area contributed by atoms with E-state index in [0.29, 0.717) is 6.04 Å². The van der Waals surface area contributed by atoms with E-state index in [1.807, 2.05) is 12.1 Å². The average molecular weight is 357 g/mol. The maximum atomic E-state index is 6.02. The first kappa shape index (κ1) is 18.4. The third kappa shape index (κ3) is 5.57. The largest absolute Gasteiger partial charge is 0.312 e. The SMILES string of the molecule is CNC(CN1CCCC(CCc2ccccc2)C1)c1ccc(Cl)cc1. The molecule has 2 atom stereocenters. The van der Waals surface area contributed by atoms with E-state index in [-0.39, 0.29) is 0 Å². The number of aryl methyl sites for hydroxylation is 1. The maximum absolute atomic E-state index is 6.02. The lowest BCUT2D eigenvalue weighted by atomic mass is 9.91.